The third-order valence-corrected chi connectivity index (χ3v) is 5.88. The molecule has 4 heteroatoms. The number of ether oxygens (including phenoxy) is 2. The molecule has 2 heterocycles. The molecular weight excluding hydrogens is 350 g/mol. The fourth-order valence-electron chi connectivity index (χ4n) is 4.40. The van der Waals surface area contributed by atoms with Gasteiger partial charge in [0.25, 0.3) is 0 Å². The van der Waals surface area contributed by atoms with Crippen LogP contribution in [0.4, 0.5) is 0 Å². The topological polar surface area (TPSA) is 51.6 Å². The zero-order valence-corrected chi connectivity index (χ0v) is 16.5. The van der Waals surface area contributed by atoms with E-state index in [-0.39, 0.29) is 17.1 Å². The second-order valence-corrected chi connectivity index (χ2v) is 8.40. The first kappa shape index (κ1) is 17.1. The number of fused-ring (bicyclic) bond motifs is 4. The fourth-order valence-corrected chi connectivity index (χ4v) is 4.40. The van der Waals surface area contributed by atoms with Crippen LogP contribution in [0.5, 0.6) is 17.2 Å². The van der Waals surface area contributed by atoms with Crippen LogP contribution in [-0.4, -0.2) is 17.2 Å². The van der Waals surface area contributed by atoms with Crippen LogP contribution in [0.2, 0.25) is 0 Å². The van der Waals surface area contributed by atoms with Gasteiger partial charge in [-0.2, -0.15) is 0 Å². The van der Waals surface area contributed by atoms with Gasteiger partial charge < -0.3 is 14.6 Å². The van der Waals surface area contributed by atoms with Crippen molar-refractivity contribution in [1.29, 1.82) is 0 Å². The van der Waals surface area contributed by atoms with Crippen LogP contribution in [0, 0.1) is 5.41 Å². The molecule has 142 valence electrons. The van der Waals surface area contributed by atoms with Gasteiger partial charge >= 0.3 is 0 Å². The van der Waals surface area contributed by atoms with Gasteiger partial charge in [-0.3, -0.25) is 0 Å². The maximum Gasteiger partial charge on any atom is 0.204 e. The number of hydrogen-bond acceptors (Lipinski definition) is 4. The molecule has 1 aliphatic carbocycles. The first-order valence-electron chi connectivity index (χ1n) is 9.62. The summed E-state index contributed by atoms with van der Waals surface area (Å²) in [7, 11) is 1.57. The maximum atomic E-state index is 11.0. The van der Waals surface area contributed by atoms with Crippen molar-refractivity contribution in [1.82, 2.24) is 4.98 Å². The van der Waals surface area contributed by atoms with Gasteiger partial charge in [-0.25, -0.2) is 4.98 Å². The Kier molecular flexibility index (Phi) is 3.51. The molecule has 4 nitrogen and oxygen atoms in total. The van der Waals surface area contributed by atoms with E-state index in [9.17, 15) is 5.11 Å². The lowest BCUT2D eigenvalue weighted by atomic mass is 9.77. The van der Waals surface area contributed by atoms with Crippen LogP contribution in [-0.2, 0) is 0 Å². The summed E-state index contributed by atoms with van der Waals surface area (Å²) in [5, 5.41) is 12.6. The summed E-state index contributed by atoms with van der Waals surface area (Å²) in [6.45, 7) is 6.56. The highest BCUT2D eigenvalue weighted by Crippen LogP contribution is 2.55. The average Bonchev–Trinajstić information content (AvgIpc) is 2.66. The van der Waals surface area contributed by atoms with Crippen molar-refractivity contribution in [2.45, 2.75) is 33.1 Å². The highest BCUT2D eigenvalue weighted by Gasteiger charge is 2.36. The van der Waals surface area contributed by atoms with Crippen LogP contribution < -0.4 is 9.47 Å². The molecule has 1 aromatic heterocycles. The number of aromatic hydroxyl groups is 1. The summed E-state index contributed by atoms with van der Waals surface area (Å²) in [6.07, 6.45) is 5.24. The van der Waals surface area contributed by atoms with E-state index in [1.165, 1.54) is 5.57 Å². The molecule has 1 unspecified atom stereocenters. The molecular formula is C24H23NO3. The first-order chi connectivity index (χ1) is 13.4. The lowest BCUT2D eigenvalue weighted by Crippen LogP contribution is -2.22. The maximum absolute atomic E-state index is 11.0. The van der Waals surface area contributed by atoms with E-state index >= 15 is 0 Å². The molecule has 0 saturated carbocycles. The molecule has 28 heavy (non-hydrogen) atoms. The monoisotopic (exact) mass is 373 g/mol. The number of hydrogen-bond donors (Lipinski definition) is 1. The third kappa shape index (κ3) is 2.34. The van der Waals surface area contributed by atoms with Gasteiger partial charge in [-0.1, -0.05) is 51.1 Å². The predicted octanol–water partition coefficient (Wildman–Crippen LogP) is 5.84. The second-order valence-electron chi connectivity index (χ2n) is 8.40. The van der Waals surface area contributed by atoms with Crippen LogP contribution in [0.25, 0.3) is 21.8 Å². The van der Waals surface area contributed by atoms with Crippen LogP contribution >= 0.6 is 0 Å². The smallest absolute Gasteiger partial charge is 0.204 e. The van der Waals surface area contributed by atoms with Crippen LogP contribution in [0.15, 0.2) is 53.8 Å². The fraction of sp³-hybridized carbons (Fsp3) is 0.292. The Balaban J connectivity index is 1.84. The zero-order chi connectivity index (χ0) is 19.6. The van der Waals surface area contributed by atoms with Gasteiger partial charge in [0.15, 0.2) is 11.5 Å². The Labute approximate surface area is 164 Å². The van der Waals surface area contributed by atoms with E-state index in [2.05, 4.69) is 32.9 Å². The van der Waals surface area contributed by atoms with Crippen molar-refractivity contribution in [3.63, 3.8) is 0 Å². The molecule has 1 atom stereocenters. The highest BCUT2D eigenvalue weighted by atomic mass is 16.5. The van der Waals surface area contributed by atoms with Crippen LogP contribution in [0.3, 0.4) is 0 Å². The van der Waals surface area contributed by atoms with E-state index in [4.69, 9.17) is 14.5 Å². The Morgan fingerprint density at radius 3 is 2.82 bits per heavy atom. The molecule has 3 aromatic rings. The molecule has 2 aromatic carbocycles. The summed E-state index contributed by atoms with van der Waals surface area (Å²) in [4.78, 5) is 4.90. The molecule has 1 aliphatic heterocycles. The van der Waals surface area contributed by atoms with Crippen molar-refractivity contribution in [3.8, 4) is 17.2 Å². The third-order valence-electron chi connectivity index (χ3n) is 5.88. The summed E-state index contributed by atoms with van der Waals surface area (Å²) in [5.74, 6) is 2.09. The Morgan fingerprint density at radius 1 is 1.25 bits per heavy atom. The van der Waals surface area contributed by atoms with E-state index < -0.39 is 0 Å². The average molecular weight is 373 g/mol. The highest BCUT2D eigenvalue weighted by molar-refractivity contribution is 6.01. The molecule has 0 bridgehead atoms. The lowest BCUT2D eigenvalue weighted by Gasteiger charge is -2.35. The minimum absolute atomic E-state index is 0.0383. The van der Waals surface area contributed by atoms with Gasteiger partial charge in [0.05, 0.1) is 18.1 Å². The number of allylic oxidation sites excluding steroid dienone is 4. The number of nitrogens with zero attached hydrogens (tertiary/aromatic N) is 1. The summed E-state index contributed by atoms with van der Waals surface area (Å²) in [6, 6.07) is 9.92. The first-order valence-corrected chi connectivity index (χ1v) is 9.62. The SMILES string of the molecule is COc1c2c(c3nc4ccccc4cc3c1O)C(C)C1=C(CC(C)(C)C=C1)O2. The second kappa shape index (κ2) is 5.74. The van der Waals surface area contributed by atoms with Gasteiger partial charge in [0.2, 0.25) is 5.75 Å². The van der Waals surface area contributed by atoms with Gasteiger partial charge in [-0.15, -0.1) is 0 Å². The van der Waals surface area contributed by atoms with Crippen molar-refractivity contribution < 1.29 is 14.6 Å². The predicted molar refractivity (Wildman–Crippen MR) is 111 cm³/mol. The number of rotatable bonds is 1. The summed E-state index contributed by atoms with van der Waals surface area (Å²) >= 11 is 0. The number of phenols is 1. The lowest BCUT2D eigenvalue weighted by molar-refractivity contribution is 0.292. The summed E-state index contributed by atoms with van der Waals surface area (Å²) in [5.41, 5.74) is 3.85. The zero-order valence-electron chi connectivity index (χ0n) is 16.5. The minimum Gasteiger partial charge on any atom is -0.504 e. The van der Waals surface area contributed by atoms with E-state index in [0.717, 1.165) is 34.2 Å². The van der Waals surface area contributed by atoms with Gasteiger partial charge in [0, 0.05) is 28.7 Å². The number of aromatic nitrogens is 1. The number of pyridine rings is 1. The quantitative estimate of drug-likeness (QED) is 0.545. The largest absolute Gasteiger partial charge is 0.504 e. The van der Waals surface area contributed by atoms with E-state index in [0.29, 0.717) is 16.9 Å². The number of phenolic OH excluding ortho intramolecular Hbond substituents is 1. The molecule has 5 rings (SSSR count). The number of methoxy groups -OCH3 is 1. The van der Waals surface area contributed by atoms with E-state index in [1.54, 1.807) is 7.11 Å². The molecule has 0 saturated heterocycles. The molecule has 0 fully saturated rings. The normalized spacial score (nSPS) is 20.1. The minimum atomic E-state index is 0.0383. The van der Waals surface area contributed by atoms with Crippen molar-refractivity contribution in [2.75, 3.05) is 7.11 Å². The number of benzene rings is 2. The number of para-hydroxylation sites is 1. The van der Waals surface area contributed by atoms with Gasteiger partial charge in [0.1, 0.15) is 5.76 Å². The Hall–Kier alpha value is -3.01. The van der Waals surface area contributed by atoms with Crippen molar-refractivity contribution in [2.24, 2.45) is 5.41 Å². The molecule has 1 N–H and O–H groups in total. The molecule has 0 spiro atoms. The van der Waals surface area contributed by atoms with Crippen molar-refractivity contribution in [3.05, 3.63) is 59.4 Å². The standard InChI is InChI=1S/C24H23NO3/c1-13-15-9-10-24(2,3)12-18(15)28-22-19(13)20-16(21(26)23(22)27-4)11-14-7-5-6-8-17(14)25-20/h5-11,13,26H,12H2,1-4H3. The summed E-state index contributed by atoms with van der Waals surface area (Å²) < 4.78 is 12.0. The molecule has 0 amide bonds. The molecule has 0 radical (unpaired) electrons. The van der Waals surface area contributed by atoms with Crippen LogP contribution in [0.1, 0.15) is 38.7 Å². The Morgan fingerprint density at radius 2 is 2.04 bits per heavy atom. The molecule has 2 aliphatic rings. The van der Waals surface area contributed by atoms with E-state index in [1.807, 2.05) is 30.3 Å². The van der Waals surface area contributed by atoms with Crippen molar-refractivity contribution >= 4 is 21.8 Å². The Bertz CT molecular complexity index is 1200. The van der Waals surface area contributed by atoms with Gasteiger partial charge in [-0.05, 0) is 23.1 Å².